The van der Waals surface area contributed by atoms with E-state index in [-0.39, 0.29) is 17.0 Å². The summed E-state index contributed by atoms with van der Waals surface area (Å²) in [6.07, 6.45) is 1.33. The molecule has 0 radical (unpaired) electrons. The number of carboxylic acids is 1. The fourth-order valence-corrected chi connectivity index (χ4v) is 5.32. The molecule has 1 aliphatic carbocycles. The molecule has 1 atom stereocenters. The highest BCUT2D eigenvalue weighted by Gasteiger charge is 2.41. The van der Waals surface area contributed by atoms with Crippen LogP contribution in [0.2, 0.25) is 5.02 Å². The number of ether oxygens (including phenoxy) is 1. The van der Waals surface area contributed by atoms with Crippen molar-refractivity contribution < 1.29 is 14.6 Å². The number of aromatic carboxylic acids is 1. The van der Waals surface area contributed by atoms with Crippen molar-refractivity contribution in [2.75, 3.05) is 0 Å². The standard InChI is InChI=1S/C22H20ClNO4S/c1-22(2,3)19-13-8-14(21(26)27)20(25)24(10-4-5-10)16(13)12-9-15(23)18-11(6-7-29-18)17(12)28-19/h6-10,19H,4-5H2,1-3H3,(H,26,27)/t19-/m1/s1. The molecule has 150 valence electrons. The van der Waals surface area contributed by atoms with Crippen LogP contribution in [-0.2, 0) is 0 Å². The van der Waals surface area contributed by atoms with Crippen molar-refractivity contribution in [2.45, 2.75) is 45.8 Å². The molecule has 0 unspecified atom stereocenters. The van der Waals surface area contributed by atoms with Crippen LogP contribution in [0.5, 0.6) is 5.75 Å². The van der Waals surface area contributed by atoms with Crippen LogP contribution in [0.15, 0.2) is 28.4 Å². The highest BCUT2D eigenvalue weighted by Crippen LogP contribution is 2.54. The van der Waals surface area contributed by atoms with Crippen LogP contribution in [0.25, 0.3) is 21.3 Å². The van der Waals surface area contributed by atoms with Crippen LogP contribution in [0, 0.1) is 5.41 Å². The summed E-state index contributed by atoms with van der Waals surface area (Å²) in [4.78, 5) is 25.0. The Morgan fingerprint density at radius 1 is 1.31 bits per heavy atom. The molecular formula is C22H20ClNO4S. The van der Waals surface area contributed by atoms with E-state index in [0.717, 1.165) is 45.5 Å². The number of halogens is 1. The number of carbonyl (C=O) groups is 1. The van der Waals surface area contributed by atoms with Crippen molar-refractivity contribution in [2.24, 2.45) is 5.41 Å². The van der Waals surface area contributed by atoms with Crippen LogP contribution >= 0.6 is 22.9 Å². The summed E-state index contributed by atoms with van der Waals surface area (Å²) < 4.78 is 9.14. The summed E-state index contributed by atoms with van der Waals surface area (Å²) in [6.45, 7) is 6.17. The number of aromatic nitrogens is 1. The summed E-state index contributed by atoms with van der Waals surface area (Å²) in [5.74, 6) is -0.494. The molecule has 2 aromatic heterocycles. The van der Waals surface area contributed by atoms with Crippen molar-refractivity contribution in [3.05, 3.63) is 50.1 Å². The second kappa shape index (κ2) is 6.09. The van der Waals surface area contributed by atoms with E-state index in [9.17, 15) is 14.7 Å². The average Bonchev–Trinajstić information content (AvgIpc) is 3.34. The summed E-state index contributed by atoms with van der Waals surface area (Å²) in [5.41, 5.74) is 1.27. The molecule has 1 aliphatic heterocycles. The predicted molar refractivity (Wildman–Crippen MR) is 115 cm³/mol. The maximum absolute atomic E-state index is 13.1. The lowest BCUT2D eigenvalue weighted by molar-refractivity contribution is 0.0689. The van der Waals surface area contributed by atoms with Gasteiger partial charge in [0.25, 0.3) is 5.56 Å². The molecular weight excluding hydrogens is 410 g/mol. The van der Waals surface area contributed by atoms with E-state index in [1.807, 2.05) is 17.5 Å². The van der Waals surface area contributed by atoms with Gasteiger partial charge in [0.05, 0.1) is 15.4 Å². The molecule has 1 N–H and O–H groups in total. The van der Waals surface area contributed by atoms with Crippen LogP contribution in [0.1, 0.15) is 61.7 Å². The van der Waals surface area contributed by atoms with E-state index < -0.39 is 17.6 Å². The smallest absolute Gasteiger partial charge is 0.341 e. The lowest BCUT2D eigenvalue weighted by Gasteiger charge is -2.38. The first-order chi connectivity index (χ1) is 13.7. The Bertz CT molecular complexity index is 1250. The van der Waals surface area contributed by atoms with E-state index in [1.54, 1.807) is 15.9 Å². The van der Waals surface area contributed by atoms with Crippen molar-refractivity contribution in [1.29, 1.82) is 0 Å². The molecule has 0 saturated heterocycles. The molecule has 0 amide bonds. The zero-order chi connectivity index (χ0) is 20.7. The molecule has 5 nitrogen and oxygen atoms in total. The molecule has 2 aliphatic rings. The van der Waals surface area contributed by atoms with Gasteiger partial charge in [-0.2, -0.15) is 0 Å². The fraction of sp³-hybridized carbons (Fsp3) is 0.364. The van der Waals surface area contributed by atoms with Crippen LogP contribution in [0.3, 0.4) is 0 Å². The first kappa shape index (κ1) is 18.7. The molecule has 3 aromatic rings. The van der Waals surface area contributed by atoms with E-state index >= 15 is 0 Å². The van der Waals surface area contributed by atoms with Gasteiger partial charge in [0.15, 0.2) is 0 Å². The van der Waals surface area contributed by atoms with Crippen molar-refractivity contribution in [1.82, 2.24) is 4.57 Å². The number of hydrogen-bond donors (Lipinski definition) is 1. The number of rotatable bonds is 2. The largest absolute Gasteiger partial charge is 0.484 e. The Labute approximate surface area is 176 Å². The highest BCUT2D eigenvalue weighted by atomic mass is 35.5. The summed E-state index contributed by atoms with van der Waals surface area (Å²) in [5, 5.41) is 13.2. The van der Waals surface area contributed by atoms with Gasteiger partial charge in [-0.15, -0.1) is 11.3 Å². The van der Waals surface area contributed by atoms with E-state index in [2.05, 4.69) is 20.8 Å². The summed E-state index contributed by atoms with van der Waals surface area (Å²) >= 11 is 8.12. The van der Waals surface area contributed by atoms with Gasteiger partial charge in [-0.1, -0.05) is 32.4 Å². The van der Waals surface area contributed by atoms with Gasteiger partial charge in [-0.25, -0.2) is 4.79 Å². The maximum Gasteiger partial charge on any atom is 0.341 e. The number of nitrogens with zero attached hydrogens (tertiary/aromatic N) is 1. The molecule has 29 heavy (non-hydrogen) atoms. The normalized spacial score (nSPS) is 18.3. The molecule has 0 spiro atoms. The number of pyridine rings is 1. The SMILES string of the molecule is CC(C)(C)[C@@H]1Oc2c(cc(Cl)c3sccc23)-c2c1cc(C(=O)O)c(=O)n2C1CC1. The van der Waals surface area contributed by atoms with Gasteiger partial charge >= 0.3 is 5.97 Å². The Hall–Kier alpha value is -2.31. The highest BCUT2D eigenvalue weighted by molar-refractivity contribution is 7.18. The monoisotopic (exact) mass is 429 g/mol. The first-order valence-electron chi connectivity index (χ1n) is 9.58. The Balaban J connectivity index is 1.95. The molecule has 1 fully saturated rings. The third-order valence-corrected chi connectivity index (χ3v) is 6.97. The molecule has 5 rings (SSSR count). The minimum atomic E-state index is -1.21. The van der Waals surface area contributed by atoms with Gasteiger partial charge < -0.3 is 14.4 Å². The summed E-state index contributed by atoms with van der Waals surface area (Å²) in [6, 6.07) is 5.36. The van der Waals surface area contributed by atoms with Crippen LogP contribution in [0.4, 0.5) is 0 Å². The Morgan fingerprint density at radius 2 is 2.03 bits per heavy atom. The molecule has 0 bridgehead atoms. The fourth-order valence-electron chi connectivity index (χ4n) is 4.18. The van der Waals surface area contributed by atoms with E-state index in [0.29, 0.717) is 5.02 Å². The lowest BCUT2D eigenvalue weighted by atomic mass is 9.80. The first-order valence-corrected chi connectivity index (χ1v) is 10.8. The van der Waals surface area contributed by atoms with Gasteiger partial charge in [-0.05, 0) is 36.4 Å². The molecule has 1 saturated carbocycles. The van der Waals surface area contributed by atoms with Crippen molar-refractivity contribution in [3.63, 3.8) is 0 Å². The topological polar surface area (TPSA) is 68.5 Å². The average molecular weight is 430 g/mol. The summed E-state index contributed by atoms with van der Waals surface area (Å²) in [7, 11) is 0. The Morgan fingerprint density at radius 3 is 2.66 bits per heavy atom. The number of benzene rings is 1. The van der Waals surface area contributed by atoms with Crippen LogP contribution in [-0.4, -0.2) is 15.6 Å². The number of carboxylic acid groups (broad SMARTS) is 1. The number of hydrogen-bond acceptors (Lipinski definition) is 4. The van der Waals surface area contributed by atoms with Gasteiger partial charge in [-0.3, -0.25) is 4.79 Å². The molecule has 1 aromatic carbocycles. The zero-order valence-electron chi connectivity index (χ0n) is 16.3. The Kier molecular flexibility index (Phi) is 3.93. The van der Waals surface area contributed by atoms with Crippen molar-refractivity contribution >= 4 is 39.0 Å². The van der Waals surface area contributed by atoms with E-state index in [1.165, 1.54) is 6.07 Å². The second-order valence-electron chi connectivity index (χ2n) is 8.84. The minimum absolute atomic E-state index is 0.0130. The molecule has 7 heteroatoms. The minimum Gasteiger partial charge on any atom is -0.484 e. The van der Waals surface area contributed by atoms with Crippen LogP contribution < -0.4 is 10.3 Å². The zero-order valence-corrected chi connectivity index (χ0v) is 17.9. The van der Waals surface area contributed by atoms with Gasteiger partial charge in [0.1, 0.15) is 17.4 Å². The van der Waals surface area contributed by atoms with Crippen molar-refractivity contribution in [3.8, 4) is 17.0 Å². The number of fused-ring (bicyclic) bond motifs is 5. The number of thiophene rings is 1. The third kappa shape index (κ3) is 2.73. The quantitative estimate of drug-likeness (QED) is 0.551. The third-order valence-electron chi connectivity index (χ3n) is 5.61. The lowest BCUT2D eigenvalue weighted by Crippen LogP contribution is -2.34. The second-order valence-corrected chi connectivity index (χ2v) is 10.2. The van der Waals surface area contributed by atoms with E-state index in [4.69, 9.17) is 16.3 Å². The van der Waals surface area contributed by atoms with Gasteiger partial charge in [0, 0.05) is 28.0 Å². The predicted octanol–water partition coefficient (Wildman–Crippen LogP) is 5.90. The molecule has 3 heterocycles. The maximum atomic E-state index is 13.1. The van der Waals surface area contributed by atoms with Gasteiger partial charge in [0.2, 0.25) is 0 Å².